The van der Waals surface area contributed by atoms with Crippen molar-refractivity contribution in [1.29, 1.82) is 0 Å². The molecule has 1 aromatic carbocycles. The Kier molecular flexibility index (Phi) is 3.67. The summed E-state index contributed by atoms with van der Waals surface area (Å²) in [5, 5.41) is 0. The van der Waals surface area contributed by atoms with Crippen LogP contribution in [0.15, 0.2) is 35.3 Å². The van der Waals surface area contributed by atoms with Gasteiger partial charge in [-0.05, 0) is 24.8 Å². The van der Waals surface area contributed by atoms with Crippen molar-refractivity contribution in [1.82, 2.24) is 0 Å². The van der Waals surface area contributed by atoms with Gasteiger partial charge in [0, 0.05) is 5.71 Å². The zero-order chi connectivity index (χ0) is 11.5. The Hall–Kier alpha value is -1.11. The lowest BCUT2D eigenvalue weighted by Gasteiger charge is -2.20. The normalized spacial score (nSPS) is 15.1. The molecule has 1 rings (SSSR count). The van der Waals surface area contributed by atoms with E-state index in [4.69, 9.17) is 4.99 Å². The van der Waals surface area contributed by atoms with Crippen LogP contribution in [0.5, 0.6) is 0 Å². The molecule has 0 unspecified atom stereocenters. The molecule has 0 aliphatic carbocycles. The first kappa shape index (κ1) is 12.0. The van der Waals surface area contributed by atoms with Crippen molar-refractivity contribution in [3.05, 3.63) is 35.9 Å². The highest BCUT2D eigenvalue weighted by atomic mass is 14.8. The average molecular weight is 203 g/mol. The molecule has 0 aliphatic heterocycles. The summed E-state index contributed by atoms with van der Waals surface area (Å²) in [6.45, 7) is 10.8. The molecule has 0 N–H and O–H groups in total. The van der Waals surface area contributed by atoms with Crippen molar-refractivity contribution in [2.75, 3.05) is 0 Å². The van der Waals surface area contributed by atoms with E-state index in [1.807, 2.05) is 6.07 Å². The van der Waals surface area contributed by atoms with E-state index >= 15 is 0 Å². The van der Waals surface area contributed by atoms with Gasteiger partial charge in [-0.25, -0.2) is 0 Å². The van der Waals surface area contributed by atoms with Gasteiger partial charge in [-0.15, -0.1) is 0 Å². The lowest BCUT2D eigenvalue weighted by Crippen LogP contribution is -2.17. The van der Waals surface area contributed by atoms with E-state index in [1.54, 1.807) is 0 Å². The molecule has 1 atom stereocenters. The highest BCUT2D eigenvalue weighted by molar-refractivity contribution is 5.87. The molecular formula is C14H21N. The minimum absolute atomic E-state index is 0.170. The van der Waals surface area contributed by atoms with Gasteiger partial charge < -0.3 is 0 Å². The monoisotopic (exact) mass is 203 g/mol. The number of benzene rings is 1. The van der Waals surface area contributed by atoms with E-state index in [2.05, 4.69) is 58.9 Å². The van der Waals surface area contributed by atoms with Crippen molar-refractivity contribution in [2.24, 2.45) is 10.4 Å². The molecule has 15 heavy (non-hydrogen) atoms. The van der Waals surface area contributed by atoms with E-state index < -0.39 is 0 Å². The fourth-order valence-electron chi connectivity index (χ4n) is 1.29. The van der Waals surface area contributed by atoms with E-state index in [0.29, 0.717) is 0 Å². The molecule has 0 fully saturated rings. The van der Waals surface area contributed by atoms with Crippen LogP contribution in [-0.4, -0.2) is 5.71 Å². The first-order valence-corrected chi connectivity index (χ1v) is 5.51. The zero-order valence-electron chi connectivity index (χ0n) is 10.4. The number of hydrogen-bond donors (Lipinski definition) is 0. The molecule has 0 aromatic heterocycles. The summed E-state index contributed by atoms with van der Waals surface area (Å²) in [6, 6.07) is 10.7. The quantitative estimate of drug-likeness (QED) is 0.637. The van der Waals surface area contributed by atoms with Crippen LogP contribution in [0.25, 0.3) is 0 Å². The third-order valence-electron chi connectivity index (χ3n) is 2.75. The SMILES string of the molecule is CC(=N[C@H](C)c1ccccc1)C(C)(C)C. The summed E-state index contributed by atoms with van der Waals surface area (Å²) in [7, 11) is 0. The van der Waals surface area contributed by atoms with Gasteiger partial charge in [0.15, 0.2) is 0 Å². The molecule has 0 bridgehead atoms. The zero-order valence-corrected chi connectivity index (χ0v) is 10.4. The fourth-order valence-corrected chi connectivity index (χ4v) is 1.29. The molecule has 1 nitrogen and oxygen atoms in total. The Bertz CT molecular complexity index is 330. The Balaban J connectivity index is 2.84. The maximum absolute atomic E-state index is 4.74. The van der Waals surface area contributed by atoms with Gasteiger partial charge >= 0.3 is 0 Å². The second-order valence-corrected chi connectivity index (χ2v) is 5.05. The number of nitrogens with zero attached hydrogens (tertiary/aromatic N) is 1. The lowest BCUT2D eigenvalue weighted by molar-refractivity contribution is 0.579. The topological polar surface area (TPSA) is 12.4 Å². The van der Waals surface area contributed by atoms with Gasteiger partial charge in [-0.1, -0.05) is 51.1 Å². The second kappa shape index (κ2) is 4.61. The van der Waals surface area contributed by atoms with Gasteiger partial charge in [-0.3, -0.25) is 4.99 Å². The summed E-state index contributed by atoms with van der Waals surface area (Å²) >= 11 is 0. The highest BCUT2D eigenvalue weighted by Crippen LogP contribution is 2.22. The van der Waals surface area contributed by atoms with Crippen molar-refractivity contribution in [3.8, 4) is 0 Å². The molecule has 0 radical (unpaired) electrons. The Morgan fingerprint density at radius 2 is 1.67 bits per heavy atom. The molecule has 0 aliphatic rings. The molecule has 0 heterocycles. The van der Waals surface area contributed by atoms with Gasteiger partial charge in [0.1, 0.15) is 0 Å². The molecule has 1 aromatic rings. The molecule has 0 saturated heterocycles. The van der Waals surface area contributed by atoms with Gasteiger partial charge in [0.2, 0.25) is 0 Å². The predicted octanol–water partition coefficient (Wildman–Crippen LogP) is 4.25. The van der Waals surface area contributed by atoms with E-state index in [9.17, 15) is 0 Å². The van der Waals surface area contributed by atoms with E-state index in [0.717, 1.165) is 0 Å². The first-order chi connectivity index (χ1) is 6.91. The Morgan fingerprint density at radius 1 is 1.13 bits per heavy atom. The van der Waals surface area contributed by atoms with Gasteiger partial charge in [0.25, 0.3) is 0 Å². The van der Waals surface area contributed by atoms with Crippen molar-refractivity contribution in [2.45, 2.75) is 40.7 Å². The van der Waals surface area contributed by atoms with Gasteiger partial charge in [0.05, 0.1) is 6.04 Å². The molecule has 0 saturated carbocycles. The summed E-state index contributed by atoms with van der Waals surface area (Å²) in [5.41, 5.74) is 2.66. The maximum atomic E-state index is 4.74. The van der Waals surface area contributed by atoms with Crippen LogP contribution in [0.2, 0.25) is 0 Å². The van der Waals surface area contributed by atoms with Crippen molar-refractivity contribution < 1.29 is 0 Å². The Labute approximate surface area is 93.2 Å². The fraction of sp³-hybridized carbons (Fsp3) is 0.500. The smallest absolute Gasteiger partial charge is 0.0720 e. The molecule has 1 heteroatoms. The van der Waals surface area contributed by atoms with Crippen LogP contribution in [0.3, 0.4) is 0 Å². The van der Waals surface area contributed by atoms with Crippen LogP contribution in [0.1, 0.15) is 46.2 Å². The van der Waals surface area contributed by atoms with Crippen molar-refractivity contribution >= 4 is 5.71 Å². The van der Waals surface area contributed by atoms with Crippen LogP contribution in [0.4, 0.5) is 0 Å². The summed E-state index contributed by atoms with van der Waals surface area (Å²) in [6.07, 6.45) is 0. The van der Waals surface area contributed by atoms with Gasteiger partial charge in [-0.2, -0.15) is 0 Å². The second-order valence-electron chi connectivity index (χ2n) is 5.05. The Morgan fingerprint density at radius 3 is 2.13 bits per heavy atom. The molecular weight excluding hydrogens is 182 g/mol. The lowest BCUT2D eigenvalue weighted by atomic mass is 9.91. The molecule has 82 valence electrons. The summed E-state index contributed by atoms with van der Waals surface area (Å²) < 4.78 is 0. The van der Waals surface area contributed by atoms with Crippen LogP contribution in [-0.2, 0) is 0 Å². The van der Waals surface area contributed by atoms with E-state index in [-0.39, 0.29) is 11.5 Å². The van der Waals surface area contributed by atoms with Crippen LogP contribution >= 0.6 is 0 Å². The largest absolute Gasteiger partial charge is 0.286 e. The third kappa shape index (κ3) is 3.50. The van der Waals surface area contributed by atoms with E-state index in [1.165, 1.54) is 11.3 Å². The minimum Gasteiger partial charge on any atom is -0.286 e. The first-order valence-electron chi connectivity index (χ1n) is 5.51. The number of aliphatic imine (C=N–C) groups is 1. The predicted molar refractivity (Wildman–Crippen MR) is 67.4 cm³/mol. The summed E-state index contributed by atoms with van der Waals surface area (Å²) in [4.78, 5) is 4.74. The minimum atomic E-state index is 0.170. The molecule has 0 spiro atoms. The van der Waals surface area contributed by atoms with Crippen molar-refractivity contribution in [3.63, 3.8) is 0 Å². The third-order valence-corrected chi connectivity index (χ3v) is 2.75. The summed E-state index contributed by atoms with van der Waals surface area (Å²) in [5.74, 6) is 0. The number of hydrogen-bond acceptors (Lipinski definition) is 1. The standard InChI is InChI=1S/C14H21N/c1-11(13-9-7-6-8-10-13)15-12(2)14(3,4)5/h6-11H,1-5H3/t11-/m1/s1. The van der Waals surface area contributed by atoms with Crippen LogP contribution < -0.4 is 0 Å². The molecule has 0 amide bonds. The number of rotatable bonds is 2. The maximum Gasteiger partial charge on any atom is 0.0720 e. The highest BCUT2D eigenvalue weighted by Gasteiger charge is 2.15. The van der Waals surface area contributed by atoms with Crippen LogP contribution in [0, 0.1) is 5.41 Å². The average Bonchev–Trinajstić information content (AvgIpc) is 2.17.